The van der Waals surface area contributed by atoms with E-state index in [2.05, 4.69) is 41.4 Å². The lowest BCUT2D eigenvalue weighted by atomic mass is 10.0. The predicted octanol–water partition coefficient (Wildman–Crippen LogP) is 5.10. The fourth-order valence-electron chi connectivity index (χ4n) is 4.53. The van der Waals surface area contributed by atoms with Crippen LogP contribution in [-0.2, 0) is 4.79 Å². The van der Waals surface area contributed by atoms with Crippen molar-refractivity contribution in [1.29, 1.82) is 0 Å². The Balaban J connectivity index is 1.29. The first-order valence-electron chi connectivity index (χ1n) is 11.5. The van der Waals surface area contributed by atoms with Crippen molar-refractivity contribution in [1.82, 2.24) is 10.2 Å². The first kappa shape index (κ1) is 23.1. The van der Waals surface area contributed by atoms with Crippen LogP contribution in [0.2, 0.25) is 0 Å². The normalized spacial score (nSPS) is 16.9. The third-order valence-electron chi connectivity index (χ3n) is 6.36. The molecule has 0 aromatic heterocycles. The molecule has 1 fully saturated rings. The molecule has 1 aliphatic rings. The summed E-state index contributed by atoms with van der Waals surface area (Å²) in [6, 6.07) is 18.7. The molecule has 1 saturated heterocycles. The minimum atomic E-state index is -0.269. The van der Waals surface area contributed by atoms with E-state index in [-0.39, 0.29) is 23.8 Å². The van der Waals surface area contributed by atoms with Crippen molar-refractivity contribution in [2.24, 2.45) is 0 Å². The van der Waals surface area contributed by atoms with Gasteiger partial charge in [0.05, 0.1) is 13.2 Å². The summed E-state index contributed by atoms with van der Waals surface area (Å²) in [4.78, 5) is 14.8. The first-order valence-corrected chi connectivity index (χ1v) is 11.5. The monoisotopic (exact) mass is 450 g/mol. The van der Waals surface area contributed by atoms with Gasteiger partial charge >= 0.3 is 0 Å². The lowest BCUT2D eigenvalue weighted by Crippen LogP contribution is -2.37. The molecule has 0 radical (unpaired) electrons. The van der Waals surface area contributed by atoms with Crippen LogP contribution in [0.15, 0.2) is 60.7 Å². The van der Waals surface area contributed by atoms with E-state index in [0.29, 0.717) is 25.3 Å². The van der Waals surface area contributed by atoms with E-state index in [9.17, 15) is 9.18 Å². The van der Waals surface area contributed by atoms with Gasteiger partial charge in [-0.3, -0.25) is 4.79 Å². The van der Waals surface area contributed by atoms with Crippen LogP contribution < -0.4 is 14.8 Å². The van der Waals surface area contributed by atoms with E-state index in [4.69, 9.17) is 9.47 Å². The highest BCUT2D eigenvalue weighted by molar-refractivity contribution is 5.85. The summed E-state index contributed by atoms with van der Waals surface area (Å²) >= 11 is 0. The number of nitrogens with zero attached hydrogens (tertiary/aromatic N) is 1. The van der Waals surface area contributed by atoms with Crippen LogP contribution in [0.3, 0.4) is 0 Å². The van der Waals surface area contributed by atoms with Crippen molar-refractivity contribution < 1.29 is 18.7 Å². The van der Waals surface area contributed by atoms with Gasteiger partial charge in [0.25, 0.3) is 0 Å². The first-order chi connectivity index (χ1) is 16.0. The Morgan fingerprint density at radius 3 is 2.55 bits per heavy atom. The molecule has 1 amide bonds. The average Bonchev–Trinajstić information content (AvgIpc) is 3.21. The summed E-state index contributed by atoms with van der Waals surface area (Å²) in [5.74, 6) is 1.46. The molecule has 0 bridgehead atoms. The van der Waals surface area contributed by atoms with Crippen molar-refractivity contribution in [3.63, 3.8) is 0 Å². The van der Waals surface area contributed by atoms with E-state index in [1.807, 2.05) is 12.1 Å². The number of nitrogens with one attached hydrogen (secondary N) is 1. The van der Waals surface area contributed by atoms with Gasteiger partial charge in [-0.2, -0.15) is 0 Å². The number of benzene rings is 3. The second-order valence-electron chi connectivity index (χ2n) is 8.48. The van der Waals surface area contributed by atoms with Crippen LogP contribution in [0.5, 0.6) is 11.5 Å². The SMILES string of the molecule is COc1ccc2cc([C@H](C)N3C(=O)CC[C@@H]3CCNCCOc3ccc(F)cc3)ccc2c1. The Morgan fingerprint density at radius 1 is 1.03 bits per heavy atom. The lowest BCUT2D eigenvalue weighted by Gasteiger charge is -2.31. The van der Waals surface area contributed by atoms with Gasteiger partial charge in [-0.25, -0.2) is 4.39 Å². The molecule has 0 unspecified atom stereocenters. The molecule has 4 rings (SSSR count). The molecule has 174 valence electrons. The number of halogens is 1. The molecule has 33 heavy (non-hydrogen) atoms. The second kappa shape index (κ2) is 10.7. The number of carbonyl (C=O) groups is 1. The summed E-state index contributed by atoms with van der Waals surface area (Å²) in [6.07, 6.45) is 2.40. The molecule has 2 atom stereocenters. The predicted molar refractivity (Wildman–Crippen MR) is 128 cm³/mol. The van der Waals surface area contributed by atoms with Crippen molar-refractivity contribution in [2.45, 2.75) is 38.3 Å². The van der Waals surface area contributed by atoms with Crippen LogP contribution >= 0.6 is 0 Å². The van der Waals surface area contributed by atoms with E-state index >= 15 is 0 Å². The lowest BCUT2D eigenvalue weighted by molar-refractivity contribution is -0.131. The molecular formula is C27H31FN2O3. The Labute approximate surface area is 194 Å². The van der Waals surface area contributed by atoms with Crippen LogP contribution in [0, 0.1) is 5.82 Å². The zero-order valence-electron chi connectivity index (χ0n) is 19.2. The standard InChI is InChI=1S/C27H31FN2O3/c1-19(20-3-4-22-18-26(32-2)9-5-21(22)17-20)30-24(8-12-27(30)31)13-14-29-15-16-33-25-10-6-23(28)7-11-25/h3-7,9-11,17-19,24,29H,8,12-16H2,1-2H3/t19-,24+/m0/s1. The Hall–Kier alpha value is -3.12. The van der Waals surface area contributed by atoms with E-state index < -0.39 is 0 Å². The fraction of sp³-hybridized carbons (Fsp3) is 0.370. The van der Waals surface area contributed by atoms with Crippen LogP contribution in [0.4, 0.5) is 4.39 Å². The van der Waals surface area contributed by atoms with Crippen molar-refractivity contribution in [2.75, 3.05) is 26.8 Å². The number of ether oxygens (including phenoxy) is 2. The summed E-state index contributed by atoms with van der Waals surface area (Å²) < 4.78 is 23.9. The number of hydrogen-bond acceptors (Lipinski definition) is 4. The van der Waals surface area contributed by atoms with E-state index in [1.54, 1.807) is 19.2 Å². The molecule has 3 aromatic rings. The molecule has 5 nitrogen and oxygen atoms in total. The largest absolute Gasteiger partial charge is 0.497 e. The molecule has 0 aliphatic carbocycles. The average molecular weight is 451 g/mol. The highest BCUT2D eigenvalue weighted by Gasteiger charge is 2.34. The van der Waals surface area contributed by atoms with Gasteiger partial charge in [0, 0.05) is 19.0 Å². The van der Waals surface area contributed by atoms with Gasteiger partial charge in [-0.15, -0.1) is 0 Å². The maximum absolute atomic E-state index is 12.9. The fourth-order valence-corrected chi connectivity index (χ4v) is 4.53. The van der Waals surface area contributed by atoms with Gasteiger partial charge in [0.2, 0.25) is 5.91 Å². The number of amides is 1. The summed E-state index contributed by atoms with van der Waals surface area (Å²) in [6.45, 7) is 4.13. The van der Waals surface area contributed by atoms with Gasteiger partial charge in [-0.1, -0.05) is 18.2 Å². The maximum atomic E-state index is 12.9. The molecule has 1 N–H and O–H groups in total. The zero-order valence-corrected chi connectivity index (χ0v) is 19.2. The number of hydrogen-bond donors (Lipinski definition) is 1. The maximum Gasteiger partial charge on any atom is 0.223 e. The number of fused-ring (bicyclic) bond motifs is 1. The Morgan fingerprint density at radius 2 is 1.76 bits per heavy atom. The van der Waals surface area contributed by atoms with Crippen molar-refractivity contribution >= 4 is 16.7 Å². The zero-order chi connectivity index (χ0) is 23.2. The van der Waals surface area contributed by atoms with E-state index in [1.165, 1.54) is 12.1 Å². The summed E-state index contributed by atoms with van der Waals surface area (Å²) in [7, 11) is 1.67. The quantitative estimate of drug-likeness (QED) is 0.437. The molecule has 1 aliphatic heterocycles. The molecule has 1 heterocycles. The van der Waals surface area contributed by atoms with Gasteiger partial charge in [-0.05, 0) is 85.1 Å². The van der Waals surface area contributed by atoms with Gasteiger partial charge in [0.1, 0.15) is 23.9 Å². The number of methoxy groups -OCH3 is 1. The van der Waals surface area contributed by atoms with Crippen molar-refractivity contribution in [3.8, 4) is 11.5 Å². The molecular weight excluding hydrogens is 419 g/mol. The topological polar surface area (TPSA) is 50.8 Å². The van der Waals surface area contributed by atoms with Gasteiger partial charge in [0.15, 0.2) is 0 Å². The number of carbonyl (C=O) groups excluding carboxylic acids is 1. The molecule has 0 spiro atoms. The van der Waals surface area contributed by atoms with Crippen LogP contribution in [0.25, 0.3) is 10.8 Å². The second-order valence-corrected chi connectivity index (χ2v) is 8.48. The molecule has 0 saturated carbocycles. The number of likely N-dealkylation sites (tertiary alicyclic amines) is 1. The molecule has 3 aromatic carbocycles. The summed E-state index contributed by atoms with van der Waals surface area (Å²) in [5.41, 5.74) is 1.15. The third kappa shape index (κ3) is 5.63. The smallest absolute Gasteiger partial charge is 0.223 e. The summed E-state index contributed by atoms with van der Waals surface area (Å²) in [5, 5.41) is 5.67. The third-order valence-corrected chi connectivity index (χ3v) is 6.36. The number of rotatable bonds is 10. The Bertz CT molecular complexity index is 1090. The van der Waals surface area contributed by atoms with Crippen LogP contribution in [-0.4, -0.2) is 43.7 Å². The minimum absolute atomic E-state index is 0.0262. The highest BCUT2D eigenvalue weighted by atomic mass is 19.1. The minimum Gasteiger partial charge on any atom is -0.497 e. The van der Waals surface area contributed by atoms with Crippen LogP contribution in [0.1, 0.15) is 37.8 Å². The molecule has 6 heteroatoms. The highest BCUT2D eigenvalue weighted by Crippen LogP contribution is 2.33. The van der Waals surface area contributed by atoms with Crippen molar-refractivity contribution in [3.05, 3.63) is 72.0 Å². The Kier molecular flexibility index (Phi) is 7.45. The van der Waals surface area contributed by atoms with E-state index in [0.717, 1.165) is 41.5 Å². The van der Waals surface area contributed by atoms with Gasteiger partial charge < -0.3 is 19.7 Å².